The van der Waals surface area contributed by atoms with Crippen LogP contribution in [0.15, 0.2) is 24.5 Å². The number of imidazole rings is 1. The standard InChI is InChI=1S/C10H15ClN2/c1-2-13-9-8-12-10(13)6-4-3-5-7-11/h3-4,8-9H,2,5-7H2,1H3. The van der Waals surface area contributed by atoms with Gasteiger partial charge in [0.15, 0.2) is 0 Å². The second-order valence-electron chi connectivity index (χ2n) is 2.78. The van der Waals surface area contributed by atoms with E-state index in [1.165, 1.54) is 0 Å². The Morgan fingerprint density at radius 3 is 3.08 bits per heavy atom. The average Bonchev–Trinajstić information content (AvgIpc) is 2.60. The Morgan fingerprint density at radius 1 is 1.54 bits per heavy atom. The molecule has 13 heavy (non-hydrogen) atoms. The summed E-state index contributed by atoms with van der Waals surface area (Å²) in [6, 6.07) is 0. The van der Waals surface area contributed by atoms with Crippen LogP contribution in [0, 0.1) is 0 Å². The minimum absolute atomic E-state index is 0.693. The first-order valence-electron chi connectivity index (χ1n) is 4.59. The van der Waals surface area contributed by atoms with Crippen molar-refractivity contribution in [3.8, 4) is 0 Å². The lowest BCUT2D eigenvalue weighted by atomic mass is 10.3. The maximum Gasteiger partial charge on any atom is 0.112 e. The molecule has 0 aromatic carbocycles. The summed E-state index contributed by atoms with van der Waals surface area (Å²) < 4.78 is 2.14. The van der Waals surface area contributed by atoms with E-state index in [0.29, 0.717) is 5.88 Å². The van der Waals surface area contributed by atoms with Crippen molar-refractivity contribution in [2.75, 3.05) is 5.88 Å². The molecule has 0 aliphatic heterocycles. The quantitative estimate of drug-likeness (QED) is 0.526. The van der Waals surface area contributed by atoms with E-state index in [1.807, 2.05) is 12.4 Å². The fourth-order valence-electron chi connectivity index (χ4n) is 1.19. The van der Waals surface area contributed by atoms with Gasteiger partial charge in [-0.15, -0.1) is 11.6 Å². The lowest BCUT2D eigenvalue weighted by Gasteiger charge is -2.00. The zero-order chi connectivity index (χ0) is 9.52. The first kappa shape index (κ1) is 10.3. The highest BCUT2D eigenvalue weighted by Crippen LogP contribution is 1.99. The molecule has 1 heterocycles. The van der Waals surface area contributed by atoms with E-state index in [0.717, 1.165) is 25.2 Å². The van der Waals surface area contributed by atoms with Gasteiger partial charge in [0.2, 0.25) is 0 Å². The second-order valence-corrected chi connectivity index (χ2v) is 3.16. The van der Waals surface area contributed by atoms with E-state index in [4.69, 9.17) is 11.6 Å². The molecule has 0 amide bonds. The highest BCUT2D eigenvalue weighted by Gasteiger charge is 1.96. The van der Waals surface area contributed by atoms with Crippen molar-refractivity contribution in [3.63, 3.8) is 0 Å². The van der Waals surface area contributed by atoms with Gasteiger partial charge in [-0.3, -0.25) is 0 Å². The van der Waals surface area contributed by atoms with Gasteiger partial charge >= 0.3 is 0 Å². The molecule has 1 rings (SSSR count). The summed E-state index contributed by atoms with van der Waals surface area (Å²) in [4.78, 5) is 4.26. The van der Waals surface area contributed by atoms with Crippen molar-refractivity contribution in [1.29, 1.82) is 0 Å². The van der Waals surface area contributed by atoms with E-state index < -0.39 is 0 Å². The molecular formula is C10H15ClN2. The fourth-order valence-corrected chi connectivity index (χ4v) is 1.31. The third kappa shape index (κ3) is 3.23. The molecule has 0 unspecified atom stereocenters. The Labute approximate surface area is 84.2 Å². The zero-order valence-electron chi connectivity index (χ0n) is 7.91. The Balaban J connectivity index is 2.44. The normalized spacial score (nSPS) is 11.2. The molecule has 2 nitrogen and oxygen atoms in total. The highest BCUT2D eigenvalue weighted by atomic mass is 35.5. The third-order valence-corrected chi connectivity index (χ3v) is 2.10. The minimum Gasteiger partial charge on any atom is -0.335 e. The molecular weight excluding hydrogens is 184 g/mol. The van der Waals surface area contributed by atoms with Gasteiger partial charge in [-0.05, 0) is 13.3 Å². The van der Waals surface area contributed by atoms with Crippen LogP contribution in [0.5, 0.6) is 0 Å². The summed E-state index contributed by atoms with van der Waals surface area (Å²) in [6.45, 7) is 3.10. The van der Waals surface area contributed by atoms with Crippen LogP contribution >= 0.6 is 11.6 Å². The van der Waals surface area contributed by atoms with E-state index in [9.17, 15) is 0 Å². The van der Waals surface area contributed by atoms with Crippen molar-refractivity contribution in [2.24, 2.45) is 0 Å². The molecule has 0 saturated heterocycles. The summed E-state index contributed by atoms with van der Waals surface area (Å²) in [6.07, 6.45) is 9.91. The van der Waals surface area contributed by atoms with Gasteiger partial charge in [0.05, 0.1) is 0 Å². The molecule has 0 N–H and O–H groups in total. The van der Waals surface area contributed by atoms with Crippen LogP contribution in [0.1, 0.15) is 19.2 Å². The van der Waals surface area contributed by atoms with E-state index in [2.05, 4.69) is 28.6 Å². The first-order valence-corrected chi connectivity index (χ1v) is 5.13. The number of hydrogen-bond donors (Lipinski definition) is 0. The number of hydrogen-bond acceptors (Lipinski definition) is 1. The van der Waals surface area contributed by atoms with Crippen molar-refractivity contribution < 1.29 is 0 Å². The maximum absolute atomic E-state index is 5.55. The lowest BCUT2D eigenvalue weighted by Crippen LogP contribution is -1.99. The molecule has 0 aliphatic rings. The summed E-state index contributed by atoms with van der Waals surface area (Å²) >= 11 is 5.55. The Morgan fingerprint density at radius 2 is 2.38 bits per heavy atom. The molecule has 0 saturated carbocycles. The largest absolute Gasteiger partial charge is 0.335 e. The molecule has 1 aromatic heterocycles. The van der Waals surface area contributed by atoms with Gasteiger partial charge in [-0.25, -0.2) is 4.98 Å². The smallest absolute Gasteiger partial charge is 0.112 e. The molecule has 0 fully saturated rings. The van der Waals surface area contributed by atoms with Gasteiger partial charge < -0.3 is 4.57 Å². The molecule has 0 bridgehead atoms. The van der Waals surface area contributed by atoms with Gasteiger partial charge in [-0.2, -0.15) is 0 Å². The molecule has 0 atom stereocenters. The Kier molecular flexibility index (Phi) is 4.61. The van der Waals surface area contributed by atoms with Crippen LogP contribution < -0.4 is 0 Å². The summed E-state index contributed by atoms with van der Waals surface area (Å²) in [5.41, 5.74) is 0. The summed E-state index contributed by atoms with van der Waals surface area (Å²) in [5, 5.41) is 0. The van der Waals surface area contributed by atoms with Crippen LogP contribution in [-0.2, 0) is 13.0 Å². The fraction of sp³-hybridized carbons (Fsp3) is 0.500. The Bertz CT molecular complexity index is 266. The van der Waals surface area contributed by atoms with Crippen LogP contribution in [0.4, 0.5) is 0 Å². The molecule has 0 radical (unpaired) electrons. The average molecular weight is 199 g/mol. The number of allylic oxidation sites excluding steroid dienone is 2. The monoisotopic (exact) mass is 198 g/mol. The number of alkyl halides is 1. The predicted molar refractivity (Wildman–Crippen MR) is 56.1 cm³/mol. The second kappa shape index (κ2) is 5.81. The van der Waals surface area contributed by atoms with E-state index >= 15 is 0 Å². The lowest BCUT2D eigenvalue weighted by molar-refractivity contribution is 0.715. The highest BCUT2D eigenvalue weighted by molar-refractivity contribution is 6.17. The molecule has 3 heteroatoms. The van der Waals surface area contributed by atoms with Crippen LogP contribution in [0.3, 0.4) is 0 Å². The van der Waals surface area contributed by atoms with Gasteiger partial charge in [0, 0.05) is 31.2 Å². The van der Waals surface area contributed by atoms with E-state index in [-0.39, 0.29) is 0 Å². The van der Waals surface area contributed by atoms with Crippen molar-refractivity contribution >= 4 is 11.6 Å². The number of aryl methyl sites for hydroxylation is 1. The van der Waals surface area contributed by atoms with Crippen LogP contribution in [0.25, 0.3) is 0 Å². The number of rotatable bonds is 5. The predicted octanol–water partition coefficient (Wildman–Crippen LogP) is 2.63. The third-order valence-electron chi connectivity index (χ3n) is 1.89. The number of aromatic nitrogens is 2. The minimum atomic E-state index is 0.693. The number of nitrogens with zero attached hydrogens (tertiary/aromatic N) is 2. The van der Waals surface area contributed by atoms with Gasteiger partial charge in [0.1, 0.15) is 5.82 Å². The van der Waals surface area contributed by atoms with E-state index in [1.54, 1.807) is 0 Å². The Hall–Kier alpha value is -0.760. The number of halogens is 1. The SMILES string of the molecule is CCn1ccnc1CC=CCCCl. The van der Waals surface area contributed by atoms with Crippen LogP contribution in [0.2, 0.25) is 0 Å². The molecule has 0 aliphatic carbocycles. The van der Waals surface area contributed by atoms with Crippen molar-refractivity contribution in [3.05, 3.63) is 30.4 Å². The first-order chi connectivity index (χ1) is 6.38. The topological polar surface area (TPSA) is 17.8 Å². The summed E-state index contributed by atoms with van der Waals surface area (Å²) in [5.74, 6) is 1.81. The van der Waals surface area contributed by atoms with Gasteiger partial charge in [-0.1, -0.05) is 12.2 Å². The molecule has 0 spiro atoms. The zero-order valence-corrected chi connectivity index (χ0v) is 8.67. The molecule has 1 aromatic rings. The van der Waals surface area contributed by atoms with Gasteiger partial charge in [0.25, 0.3) is 0 Å². The summed E-state index contributed by atoms with van der Waals surface area (Å²) in [7, 11) is 0. The maximum atomic E-state index is 5.55. The van der Waals surface area contributed by atoms with Crippen LogP contribution in [-0.4, -0.2) is 15.4 Å². The molecule has 72 valence electrons. The van der Waals surface area contributed by atoms with Crippen molar-refractivity contribution in [1.82, 2.24) is 9.55 Å². The van der Waals surface area contributed by atoms with Crippen molar-refractivity contribution in [2.45, 2.75) is 26.3 Å².